The highest BCUT2D eigenvalue weighted by atomic mass is 19.1. The van der Waals surface area contributed by atoms with Gasteiger partial charge in [-0.3, -0.25) is 34.6 Å². The lowest BCUT2D eigenvalue weighted by Crippen LogP contribution is -2.49. The molecule has 4 fully saturated rings. The monoisotopic (exact) mass is 938 g/mol. The van der Waals surface area contributed by atoms with E-state index >= 15 is 8.78 Å². The van der Waals surface area contributed by atoms with E-state index in [0.717, 1.165) is 12.8 Å². The molecule has 0 spiro atoms. The number of amides is 2. The summed E-state index contributed by atoms with van der Waals surface area (Å²) < 4.78 is 31.7. The minimum absolute atomic E-state index is 0.0112. The third-order valence-corrected chi connectivity index (χ3v) is 14.2. The minimum Gasteiger partial charge on any atom is -0.396 e. The number of ketones is 1. The zero-order chi connectivity index (χ0) is 48.4. The first-order valence-corrected chi connectivity index (χ1v) is 23.1. The number of hydrogen-bond acceptors (Lipinski definition) is 13. The Hall–Kier alpha value is -6.73. The van der Waals surface area contributed by atoms with Crippen LogP contribution >= 0.6 is 0 Å². The van der Waals surface area contributed by atoms with Gasteiger partial charge < -0.3 is 39.6 Å². The van der Waals surface area contributed by atoms with Crippen LogP contribution in [-0.4, -0.2) is 139 Å². The largest absolute Gasteiger partial charge is 0.396 e. The van der Waals surface area contributed by atoms with E-state index in [-0.39, 0.29) is 91.3 Å². The number of nitro benzene ring substituents is 2. The van der Waals surface area contributed by atoms with Crippen LogP contribution in [0.1, 0.15) is 70.4 Å². The molecular formula is C49H56F2N8O9. The predicted octanol–water partition coefficient (Wildman–Crippen LogP) is 5.82. The van der Waals surface area contributed by atoms with Crippen LogP contribution in [0.4, 0.5) is 42.9 Å². The number of piperazine rings is 2. The summed E-state index contributed by atoms with van der Waals surface area (Å²) in [6, 6.07) is 17.8. The highest BCUT2D eigenvalue weighted by Gasteiger charge is 2.34. The SMILES string of the molecule is CC(C(=O)C(C)c1ccc(N2CCN(C(=O)c3cc([N+](=O)[O-])ccc3N3CCC(CO)C3)CC2)c(F)c1)c1ccc(N2CCN(C(=O)c3cc([N+](=O)[O-])ccc3N3CCC(CO)C3)CC2)c(F)c1. The summed E-state index contributed by atoms with van der Waals surface area (Å²) in [5.41, 5.74) is 2.73. The van der Waals surface area contributed by atoms with Gasteiger partial charge in [0.1, 0.15) is 17.4 Å². The van der Waals surface area contributed by atoms with Gasteiger partial charge in [0.2, 0.25) is 0 Å². The van der Waals surface area contributed by atoms with Crippen molar-refractivity contribution in [3.05, 3.63) is 127 Å². The summed E-state index contributed by atoms with van der Waals surface area (Å²) in [5, 5.41) is 42.6. The Morgan fingerprint density at radius 2 is 0.926 bits per heavy atom. The smallest absolute Gasteiger partial charge is 0.270 e. The van der Waals surface area contributed by atoms with Crippen LogP contribution in [-0.2, 0) is 4.79 Å². The van der Waals surface area contributed by atoms with E-state index < -0.39 is 33.3 Å². The Kier molecular flexibility index (Phi) is 14.2. The number of nitro groups is 2. The molecule has 68 heavy (non-hydrogen) atoms. The molecule has 8 rings (SSSR count). The van der Waals surface area contributed by atoms with Gasteiger partial charge in [-0.2, -0.15) is 0 Å². The third-order valence-electron chi connectivity index (χ3n) is 14.2. The quantitative estimate of drug-likeness (QED) is 0.114. The average Bonchev–Trinajstić information content (AvgIpc) is 4.06. The molecule has 0 bridgehead atoms. The second-order valence-electron chi connectivity index (χ2n) is 18.3. The summed E-state index contributed by atoms with van der Waals surface area (Å²) in [4.78, 5) is 74.5. The lowest BCUT2D eigenvalue weighted by Gasteiger charge is -2.37. The van der Waals surface area contributed by atoms with E-state index in [9.17, 15) is 44.8 Å². The lowest BCUT2D eigenvalue weighted by molar-refractivity contribution is -0.385. The van der Waals surface area contributed by atoms with Gasteiger partial charge in [0.05, 0.1) is 43.7 Å². The fourth-order valence-corrected chi connectivity index (χ4v) is 10.0. The van der Waals surface area contributed by atoms with E-state index in [4.69, 9.17) is 0 Å². The Labute approximate surface area is 392 Å². The zero-order valence-electron chi connectivity index (χ0n) is 38.1. The summed E-state index contributed by atoms with van der Waals surface area (Å²) in [6.07, 6.45) is 1.48. The molecule has 0 aromatic heterocycles. The molecule has 0 radical (unpaired) electrons. The second-order valence-corrected chi connectivity index (χ2v) is 18.3. The van der Waals surface area contributed by atoms with Gasteiger partial charge in [0, 0.05) is 140 Å². The van der Waals surface area contributed by atoms with Gasteiger partial charge in [-0.15, -0.1) is 0 Å². The van der Waals surface area contributed by atoms with Crippen LogP contribution in [0.25, 0.3) is 0 Å². The molecule has 19 heteroatoms. The number of carbonyl (C=O) groups is 3. The highest BCUT2D eigenvalue weighted by Crippen LogP contribution is 2.36. The molecule has 4 unspecified atom stereocenters. The van der Waals surface area contributed by atoms with Crippen molar-refractivity contribution in [2.24, 2.45) is 11.8 Å². The molecule has 4 aromatic rings. The number of anilines is 4. The van der Waals surface area contributed by atoms with Crippen LogP contribution in [0.5, 0.6) is 0 Å². The summed E-state index contributed by atoms with van der Waals surface area (Å²) in [6.45, 7) is 7.86. The molecule has 360 valence electrons. The number of carbonyl (C=O) groups excluding carboxylic acids is 3. The molecule has 0 saturated carbocycles. The van der Waals surface area contributed by atoms with Crippen LogP contribution < -0.4 is 19.6 Å². The molecule has 4 aliphatic heterocycles. The minimum atomic E-state index is -0.725. The highest BCUT2D eigenvalue weighted by molar-refractivity contribution is 6.01. The van der Waals surface area contributed by atoms with E-state index in [1.54, 1.807) is 60.0 Å². The van der Waals surface area contributed by atoms with Crippen molar-refractivity contribution in [2.45, 2.75) is 38.5 Å². The van der Waals surface area contributed by atoms with E-state index in [0.29, 0.717) is 86.2 Å². The van der Waals surface area contributed by atoms with Gasteiger partial charge >= 0.3 is 0 Å². The molecule has 0 aliphatic carbocycles. The van der Waals surface area contributed by atoms with Crippen LogP contribution in [0.2, 0.25) is 0 Å². The zero-order valence-corrected chi connectivity index (χ0v) is 38.1. The number of halogens is 2. The van der Waals surface area contributed by atoms with Crippen LogP contribution in [0.3, 0.4) is 0 Å². The van der Waals surface area contributed by atoms with Crippen molar-refractivity contribution < 1.29 is 43.2 Å². The lowest BCUT2D eigenvalue weighted by atomic mass is 9.85. The van der Waals surface area contributed by atoms with Crippen molar-refractivity contribution in [3.8, 4) is 0 Å². The summed E-state index contributed by atoms with van der Waals surface area (Å²) >= 11 is 0. The topological polar surface area (TPSA) is 197 Å². The summed E-state index contributed by atoms with van der Waals surface area (Å²) in [5.74, 6) is -3.37. The Morgan fingerprint density at radius 3 is 1.25 bits per heavy atom. The number of Topliss-reactive ketones (excluding diaryl/α,β-unsaturated/α-hetero) is 1. The molecule has 4 heterocycles. The molecule has 4 aliphatic rings. The van der Waals surface area contributed by atoms with Crippen LogP contribution in [0, 0.1) is 43.7 Å². The van der Waals surface area contributed by atoms with Crippen molar-refractivity contribution in [1.29, 1.82) is 0 Å². The molecule has 4 aromatic carbocycles. The molecular weight excluding hydrogens is 883 g/mol. The molecule has 4 atom stereocenters. The maximum atomic E-state index is 15.9. The normalized spacial score (nSPS) is 19.6. The van der Waals surface area contributed by atoms with Crippen molar-refractivity contribution >= 4 is 51.7 Å². The number of non-ortho nitro benzene ring substituents is 2. The van der Waals surface area contributed by atoms with E-state index in [2.05, 4.69) is 0 Å². The first-order valence-electron chi connectivity index (χ1n) is 23.1. The fourth-order valence-electron chi connectivity index (χ4n) is 10.0. The first kappa shape index (κ1) is 47.8. The number of aliphatic hydroxyl groups excluding tert-OH is 2. The Morgan fingerprint density at radius 1 is 0.559 bits per heavy atom. The summed E-state index contributed by atoms with van der Waals surface area (Å²) in [7, 11) is 0. The number of rotatable bonds is 14. The van der Waals surface area contributed by atoms with Gasteiger partial charge in [0.25, 0.3) is 23.2 Å². The number of nitrogens with zero attached hydrogens (tertiary/aromatic N) is 8. The molecule has 2 N–H and O–H groups in total. The molecule has 4 saturated heterocycles. The number of aliphatic hydroxyl groups is 2. The van der Waals surface area contributed by atoms with Crippen molar-refractivity contribution in [3.63, 3.8) is 0 Å². The number of benzene rings is 4. The van der Waals surface area contributed by atoms with E-state index in [1.807, 2.05) is 19.6 Å². The predicted molar refractivity (Wildman–Crippen MR) is 252 cm³/mol. The average molecular weight is 939 g/mol. The standard InChI is InChI=1S/C49H56F2N8O9/c1-31(35-3-7-45(41(50)23-35)52-15-19-54(20-16-52)48(63)39-25-37(58(65)66)5-9-43(39)56-13-11-33(27-56)29-60)47(62)32(2)36-4-8-46(42(51)24-36)53-17-21-55(22-18-53)49(64)40-26-38(59(67)68)6-10-44(40)57-14-12-34(28-57)30-61/h3-10,23-26,31-34,60-61H,11-22,27-30H2,1-2H3. The number of hydrogen-bond donors (Lipinski definition) is 2. The Bertz CT molecular complexity index is 2410. The molecule has 17 nitrogen and oxygen atoms in total. The third kappa shape index (κ3) is 9.80. The van der Waals surface area contributed by atoms with Crippen molar-refractivity contribution in [1.82, 2.24) is 9.80 Å². The van der Waals surface area contributed by atoms with Gasteiger partial charge in [-0.05, 0) is 60.4 Å². The maximum absolute atomic E-state index is 15.9. The first-order chi connectivity index (χ1) is 32.6. The van der Waals surface area contributed by atoms with Crippen molar-refractivity contribution in [2.75, 3.05) is 111 Å². The van der Waals surface area contributed by atoms with Gasteiger partial charge in [-0.25, -0.2) is 8.78 Å². The van der Waals surface area contributed by atoms with E-state index in [1.165, 1.54) is 36.4 Å². The second kappa shape index (κ2) is 20.2. The van der Waals surface area contributed by atoms with Crippen LogP contribution in [0.15, 0.2) is 72.8 Å². The maximum Gasteiger partial charge on any atom is 0.270 e. The Balaban J connectivity index is 0.868. The molecule has 2 amide bonds. The van der Waals surface area contributed by atoms with Gasteiger partial charge in [-0.1, -0.05) is 26.0 Å². The fraction of sp³-hybridized carbons (Fsp3) is 0.449. The van der Waals surface area contributed by atoms with Gasteiger partial charge in [0.15, 0.2) is 0 Å².